The molecule has 1 aromatic carbocycles. The highest BCUT2D eigenvalue weighted by molar-refractivity contribution is 9.10. The Morgan fingerprint density at radius 3 is 2.43 bits per heavy atom. The highest BCUT2D eigenvalue weighted by Crippen LogP contribution is 2.48. The predicted octanol–water partition coefficient (Wildman–Crippen LogP) is 4.50. The number of aryl methyl sites for hydroxylation is 1. The maximum atomic E-state index is 9.55. The van der Waals surface area contributed by atoms with Crippen LogP contribution in [-0.4, -0.2) is 34.3 Å². The van der Waals surface area contributed by atoms with Gasteiger partial charge in [-0.15, -0.1) is 0 Å². The third-order valence-corrected chi connectivity index (χ3v) is 5.66. The number of benzene rings is 1. The summed E-state index contributed by atoms with van der Waals surface area (Å²) in [5, 5.41) is 18.8. The summed E-state index contributed by atoms with van der Waals surface area (Å²) in [4.78, 5) is 11.7. The molecule has 2 rings (SSSR count). The summed E-state index contributed by atoms with van der Waals surface area (Å²) in [5.41, 5.74) is 0.195. The Bertz CT molecular complexity index is 576. The molecule has 0 aromatic heterocycles. The van der Waals surface area contributed by atoms with Gasteiger partial charge in [-0.3, -0.25) is 10.5 Å². The minimum absolute atomic E-state index is 0.496. The minimum Gasteiger partial charge on any atom is -0.366 e. The number of nitrogens with zero attached hydrogens (tertiary/aromatic N) is 1. The van der Waals surface area contributed by atoms with Crippen LogP contribution in [0.4, 0.5) is 5.69 Å². The molecule has 0 bridgehead atoms. The predicted molar refractivity (Wildman–Crippen MR) is 93.8 cm³/mol. The fourth-order valence-electron chi connectivity index (χ4n) is 3.77. The van der Waals surface area contributed by atoms with E-state index >= 15 is 0 Å². The van der Waals surface area contributed by atoms with Crippen molar-refractivity contribution in [1.82, 2.24) is 0 Å². The van der Waals surface area contributed by atoms with Crippen LogP contribution in [0.5, 0.6) is 0 Å². The molecule has 0 aliphatic carbocycles. The molecule has 130 valence electrons. The third-order valence-electron chi connectivity index (χ3n) is 5.17. The lowest BCUT2D eigenvalue weighted by atomic mass is 9.68. The van der Waals surface area contributed by atoms with Gasteiger partial charge in [-0.05, 0) is 64.3 Å². The topological polar surface area (TPSA) is 62.2 Å². The van der Waals surface area contributed by atoms with E-state index in [0.29, 0.717) is 6.42 Å². The van der Waals surface area contributed by atoms with Gasteiger partial charge in [0.15, 0.2) is 0 Å². The van der Waals surface area contributed by atoms with Crippen LogP contribution >= 0.6 is 15.9 Å². The van der Waals surface area contributed by atoms with Crippen LogP contribution in [0.1, 0.15) is 46.1 Å². The van der Waals surface area contributed by atoms with Crippen molar-refractivity contribution in [3.05, 3.63) is 28.2 Å². The van der Waals surface area contributed by atoms with Crippen molar-refractivity contribution in [3.63, 3.8) is 0 Å². The van der Waals surface area contributed by atoms with Gasteiger partial charge in [0.1, 0.15) is 11.2 Å². The first-order chi connectivity index (χ1) is 10.6. The van der Waals surface area contributed by atoms with E-state index in [0.717, 1.165) is 23.0 Å². The van der Waals surface area contributed by atoms with Crippen molar-refractivity contribution < 1.29 is 20.3 Å². The Labute approximate surface area is 146 Å². The highest BCUT2D eigenvalue weighted by atomic mass is 79.9. The summed E-state index contributed by atoms with van der Waals surface area (Å²) < 4.78 is 1.05. The van der Waals surface area contributed by atoms with E-state index in [1.54, 1.807) is 0 Å². The first kappa shape index (κ1) is 18.7. The number of anilines is 1. The second kappa shape index (κ2) is 6.33. The van der Waals surface area contributed by atoms with Crippen LogP contribution in [0.15, 0.2) is 22.7 Å². The molecule has 0 saturated carbocycles. The molecule has 0 radical (unpaired) electrons. The minimum atomic E-state index is -0.845. The van der Waals surface area contributed by atoms with Crippen LogP contribution in [0.3, 0.4) is 0 Å². The van der Waals surface area contributed by atoms with Gasteiger partial charge in [0, 0.05) is 23.6 Å². The van der Waals surface area contributed by atoms with Crippen LogP contribution in [0, 0.1) is 0 Å². The van der Waals surface area contributed by atoms with Crippen LogP contribution in [-0.2, 0) is 16.2 Å². The molecule has 1 atom stereocenters. The lowest BCUT2D eigenvalue weighted by Gasteiger charge is -2.56. The number of halogens is 1. The van der Waals surface area contributed by atoms with Gasteiger partial charge in [-0.2, -0.15) is 0 Å². The number of hydrogen-bond acceptors (Lipinski definition) is 5. The Kier molecular flexibility index (Phi) is 5.14. The Balaban J connectivity index is 2.53. The number of likely N-dealkylation sites (N-methyl/N-ethyl adjacent to an activating group) is 1. The Hall–Kier alpha value is -0.660. The van der Waals surface area contributed by atoms with Crippen molar-refractivity contribution in [2.75, 3.05) is 11.9 Å². The first-order valence-corrected chi connectivity index (χ1v) is 8.55. The van der Waals surface area contributed by atoms with E-state index < -0.39 is 16.7 Å². The molecule has 0 fully saturated rings. The summed E-state index contributed by atoms with van der Waals surface area (Å²) in [6.45, 7) is 7.38. The fourth-order valence-corrected chi connectivity index (χ4v) is 4.18. The zero-order chi connectivity index (χ0) is 17.5. The standard InChI is InChI=1S/C17H26BrNO4/c1-15(2,22-20)11-17(16(3,4)23-21)9-8-12-10-13(18)6-7-14(12)19(17)5/h6-7,10,20-21H,8-9,11H2,1-5H3. The lowest BCUT2D eigenvalue weighted by molar-refractivity contribution is -0.348. The van der Waals surface area contributed by atoms with Crippen molar-refractivity contribution in [2.24, 2.45) is 0 Å². The van der Waals surface area contributed by atoms with Gasteiger partial charge >= 0.3 is 0 Å². The van der Waals surface area contributed by atoms with E-state index in [1.165, 1.54) is 5.56 Å². The number of rotatable bonds is 5. The summed E-state index contributed by atoms with van der Waals surface area (Å²) >= 11 is 3.52. The first-order valence-electron chi connectivity index (χ1n) is 7.76. The molecule has 23 heavy (non-hydrogen) atoms. The van der Waals surface area contributed by atoms with E-state index in [-0.39, 0.29) is 0 Å². The zero-order valence-corrected chi connectivity index (χ0v) is 16.0. The molecular formula is C17H26BrNO4. The van der Waals surface area contributed by atoms with E-state index in [1.807, 2.05) is 40.8 Å². The quantitative estimate of drug-likeness (QED) is 0.575. The lowest BCUT2D eigenvalue weighted by Crippen LogP contribution is -2.66. The Morgan fingerprint density at radius 2 is 1.87 bits per heavy atom. The average Bonchev–Trinajstić information content (AvgIpc) is 2.50. The van der Waals surface area contributed by atoms with Gasteiger partial charge in [0.05, 0.1) is 5.54 Å². The summed E-state index contributed by atoms with van der Waals surface area (Å²) in [6.07, 6.45) is 2.12. The van der Waals surface area contributed by atoms with E-state index in [9.17, 15) is 10.5 Å². The highest BCUT2D eigenvalue weighted by Gasteiger charge is 2.54. The molecule has 2 N–H and O–H groups in total. The number of hydrogen-bond donors (Lipinski definition) is 2. The van der Waals surface area contributed by atoms with Crippen molar-refractivity contribution in [2.45, 2.75) is 63.7 Å². The molecule has 1 aromatic rings. The molecule has 1 unspecified atom stereocenters. The maximum absolute atomic E-state index is 9.55. The molecule has 1 aliphatic rings. The molecule has 1 heterocycles. The Morgan fingerprint density at radius 1 is 1.22 bits per heavy atom. The summed E-state index contributed by atoms with van der Waals surface area (Å²) in [5.74, 6) is 0. The van der Waals surface area contributed by atoms with Crippen LogP contribution in [0.25, 0.3) is 0 Å². The van der Waals surface area contributed by atoms with Gasteiger partial charge in [0.2, 0.25) is 0 Å². The summed E-state index contributed by atoms with van der Waals surface area (Å²) in [6, 6.07) is 6.19. The third kappa shape index (κ3) is 3.28. The molecule has 0 amide bonds. The summed E-state index contributed by atoms with van der Waals surface area (Å²) in [7, 11) is 2.00. The number of fused-ring (bicyclic) bond motifs is 1. The molecule has 5 nitrogen and oxygen atoms in total. The van der Waals surface area contributed by atoms with Gasteiger partial charge in [-0.25, -0.2) is 9.78 Å². The van der Waals surface area contributed by atoms with Gasteiger partial charge < -0.3 is 4.90 Å². The average molecular weight is 388 g/mol. The SMILES string of the molecule is CN1c2ccc(Br)cc2CCC1(CC(C)(C)OO)C(C)(C)OO. The molecular weight excluding hydrogens is 362 g/mol. The molecule has 1 aliphatic heterocycles. The monoisotopic (exact) mass is 387 g/mol. The molecule has 0 saturated heterocycles. The maximum Gasteiger partial charge on any atom is 0.121 e. The van der Waals surface area contributed by atoms with Crippen molar-refractivity contribution in [3.8, 4) is 0 Å². The van der Waals surface area contributed by atoms with E-state index in [2.05, 4.69) is 37.9 Å². The van der Waals surface area contributed by atoms with Crippen LogP contribution < -0.4 is 4.90 Å². The zero-order valence-electron chi connectivity index (χ0n) is 14.4. The fraction of sp³-hybridized carbons (Fsp3) is 0.647. The van der Waals surface area contributed by atoms with Crippen molar-refractivity contribution >= 4 is 21.6 Å². The molecule has 6 heteroatoms. The second-order valence-electron chi connectivity index (χ2n) is 7.49. The smallest absolute Gasteiger partial charge is 0.121 e. The van der Waals surface area contributed by atoms with Gasteiger partial charge in [0.25, 0.3) is 0 Å². The normalized spacial score (nSPS) is 22.2. The van der Waals surface area contributed by atoms with E-state index in [4.69, 9.17) is 4.89 Å². The second-order valence-corrected chi connectivity index (χ2v) is 8.41. The molecule has 0 spiro atoms. The van der Waals surface area contributed by atoms with Crippen LogP contribution in [0.2, 0.25) is 0 Å². The largest absolute Gasteiger partial charge is 0.366 e. The van der Waals surface area contributed by atoms with Gasteiger partial charge in [-0.1, -0.05) is 15.9 Å². The van der Waals surface area contributed by atoms with Crippen molar-refractivity contribution in [1.29, 1.82) is 0 Å².